The molecular formula is C9H12N2O2. The number of carbonyl (C=O) groups excluding carboxylic acids is 1. The zero-order chi connectivity index (χ0) is 9.68. The van der Waals surface area contributed by atoms with Crippen LogP contribution in [0.15, 0.2) is 24.3 Å². The van der Waals surface area contributed by atoms with Gasteiger partial charge in [-0.15, -0.1) is 0 Å². The lowest BCUT2D eigenvalue weighted by Gasteiger charge is -2.04. The summed E-state index contributed by atoms with van der Waals surface area (Å²) in [6.07, 6.45) is 0. The van der Waals surface area contributed by atoms with E-state index in [1.807, 2.05) is 0 Å². The first-order valence-electron chi connectivity index (χ1n) is 3.90. The Hall–Kier alpha value is -1.55. The van der Waals surface area contributed by atoms with E-state index in [1.54, 1.807) is 31.4 Å². The largest absolute Gasteiger partial charge is 0.497 e. The van der Waals surface area contributed by atoms with E-state index in [4.69, 9.17) is 10.5 Å². The van der Waals surface area contributed by atoms with Gasteiger partial charge in [0.2, 0.25) is 5.91 Å². The first-order valence-corrected chi connectivity index (χ1v) is 3.90. The summed E-state index contributed by atoms with van der Waals surface area (Å²) < 4.78 is 4.99. The minimum atomic E-state index is -0.215. The average molecular weight is 180 g/mol. The molecule has 0 saturated carbocycles. The van der Waals surface area contributed by atoms with Gasteiger partial charge in [0.05, 0.1) is 13.7 Å². The second kappa shape index (κ2) is 4.47. The van der Waals surface area contributed by atoms with Crippen LogP contribution in [0, 0.1) is 0 Å². The highest BCUT2D eigenvalue weighted by Gasteiger charge is 1.99. The molecule has 0 atom stereocenters. The Labute approximate surface area is 76.7 Å². The number of nitrogens with two attached hydrogens (primary N) is 1. The van der Waals surface area contributed by atoms with Crippen LogP contribution >= 0.6 is 0 Å². The van der Waals surface area contributed by atoms with Gasteiger partial charge in [-0.3, -0.25) is 4.79 Å². The predicted molar refractivity (Wildman–Crippen MR) is 50.7 cm³/mol. The number of hydrogen-bond donors (Lipinski definition) is 2. The highest BCUT2D eigenvalue weighted by molar-refractivity contribution is 5.92. The molecular weight excluding hydrogens is 168 g/mol. The van der Waals surface area contributed by atoms with Crippen LogP contribution in [0.2, 0.25) is 0 Å². The monoisotopic (exact) mass is 180 g/mol. The summed E-state index contributed by atoms with van der Waals surface area (Å²) in [6, 6.07) is 7.10. The number of nitrogens with one attached hydrogen (secondary N) is 1. The molecule has 0 bridgehead atoms. The normalized spacial score (nSPS) is 9.38. The molecule has 0 heterocycles. The fraction of sp³-hybridized carbons (Fsp3) is 0.222. The van der Waals surface area contributed by atoms with Crippen molar-refractivity contribution in [1.82, 2.24) is 0 Å². The SMILES string of the molecule is COc1cccc(NC(=O)CN)c1. The van der Waals surface area contributed by atoms with E-state index in [9.17, 15) is 4.79 Å². The molecule has 0 aliphatic carbocycles. The summed E-state index contributed by atoms with van der Waals surface area (Å²) in [5.74, 6) is 0.489. The van der Waals surface area contributed by atoms with Gasteiger partial charge in [-0.2, -0.15) is 0 Å². The van der Waals surface area contributed by atoms with Crippen molar-refractivity contribution in [1.29, 1.82) is 0 Å². The van der Waals surface area contributed by atoms with E-state index >= 15 is 0 Å². The van der Waals surface area contributed by atoms with Crippen molar-refractivity contribution < 1.29 is 9.53 Å². The maximum atomic E-state index is 10.9. The van der Waals surface area contributed by atoms with E-state index in [0.717, 1.165) is 0 Å². The fourth-order valence-corrected chi connectivity index (χ4v) is 0.913. The maximum Gasteiger partial charge on any atom is 0.238 e. The smallest absolute Gasteiger partial charge is 0.238 e. The van der Waals surface area contributed by atoms with Crippen LogP contribution in [-0.4, -0.2) is 19.6 Å². The predicted octanol–water partition coefficient (Wildman–Crippen LogP) is 0.592. The molecule has 0 radical (unpaired) electrons. The quantitative estimate of drug-likeness (QED) is 0.715. The third-order valence-corrected chi connectivity index (χ3v) is 1.54. The summed E-state index contributed by atoms with van der Waals surface area (Å²) in [7, 11) is 1.57. The molecule has 1 amide bonds. The minimum absolute atomic E-state index is 0.0167. The van der Waals surface area contributed by atoms with Crippen molar-refractivity contribution >= 4 is 11.6 Å². The molecule has 4 nitrogen and oxygen atoms in total. The van der Waals surface area contributed by atoms with Gasteiger partial charge in [0.1, 0.15) is 5.75 Å². The van der Waals surface area contributed by atoms with Crippen molar-refractivity contribution in [2.45, 2.75) is 0 Å². The van der Waals surface area contributed by atoms with Crippen LogP contribution in [0.5, 0.6) is 5.75 Å². The van der Waals surface area contributed by atoms with E-state index < -0.39 is 0 Å². The highest BCUT2D eigenvalue weighted by atomic mass is 16.5. The summed E-state index contributed by atoms with van der Waals surface area (Å²) in [4.78, 5) is 10.9. The molecule has 3 N–H and O–H groups in total. The van der Waals surface area contributed by atoms with E-state index in [-0.39, 0.29) is 12.5 Å². The average Bonchev–Trinajstić information content (AvgIpc) is 2.18. The standard InChI is InChI=1S/C9H12N2O2/c1-13-8-4-2-3-7(5-8)11-9(12)6-10/h2-5H,6,10H2,1H3,(H,11,12). The molecule has 13 heavy (non-hydrogen) atoms. The van der Waals surface area contributed by atoms with Crippen molar-refractivity contribution in [2.75, 3.05) is 19.0 Å². The summed E-state index contributed by atoms with van der Waals surface area (Å²) in [5, 5.41) is 2.62. The van der Waals surface area contributed by atoms with E-state index in [0.29, 0.717) is 11.4 Å². The van der Waals surface area contributed by atoms with E-state index in [2.05, 4.69) is 5.32 Å². The molecule has 1 aromatic rings. The van der Waals surface area contributed by atoms with Crippen LogP contribution in [0.1, 0.15) is 0 Å². The number of rotatable bonds is 3. The second-order valence-corrected chi connectivity index (χ2v) is 2.48. The van der Waals surface area contributed by atoms with Gasteiger partial charge in [0.15, 0.2) is 0 Å². The highest BCUT2D eigenvalue weighted by Crippen LogP contribution is 2.16. The number of carbonyl (C=O) groups is 1. The molecule has 1 rings (SSSR count). The van der Waals surface area contributed by atoms with Crippen LogP contribution in [0.3, 0.4) is 0 Å². The van der Waals surface area contributed by atoms with Gasteiger partial charge in [-0.05, 0) is 12.1 Å². The lowest BCUT2D eigenvalue weighted by Crippen LogP contribution is -2.21. The Morgan fingerprint density at radius 1 is 1.62 bits per heavy atom. The van der Waals surface area contributed by atoms with Crippen LogP contribution < -0.4 is 15.8 Å². The molecule has 4 heteroatoms. The molecule has 0 fully saturated rings. The van der Waals surface area contributed by atoms with Crippen LogP contribution in [0.25, 0.3) is 0 Å². The molecule has 0 aliphatic heterocycles. The van der Waals surface area contributed by atoms with Gasteiger partial charge in [-0.25, -0.2) is 0 Å². The molecule has 1 aromatic carbocycles. The second-order valence-electron chi connectivity index (χ2n) is 2.48. The molecule has 0 aliphatic rings. The van der Waals surface area contributed by atoms with E-state index in [1.165, 1.54) is 0 Å². The topological polar surface area (TPSA) is 64.3 Å². The summed E-state index contributed by atoms with van der Waals surface area (Å²) in [5.41, 5.74) is 5.84. The molecule has 0 saturated heterocycles. The minimum Gasteiger partial charge on any atom is -0.497 e. The number of ether oxygens (including phenoxy) is 1. The summed E-state index contributed by atoms with van der Waals surface area (Å²) in [6.45, 7) is -0.0167. The lowest BCUT2D eigenvalue weighted by molar-refractivity contribution is -0.114. The number of methoxy groups -OCH3 is 1. The Morgan fingerprint density at radius 3 is 3.00 bits per heavy atom. The fourth-order valence-electron chi connectivity index (χ4n) is 0.913. The van der Waals surface area contributed by atoms with Gasteiger partial charge in [-0.1, -0.05) is 6.07 Å². The third kappa shape index (κ3) is 2.76. The zero-order valence-electron chi connectivity index (χ0n) is 7.41. The molecule has 70 valence electrons. The van der Waals surface area contributed by atoms with Crippen molar-refractivity contribution in [3.8, 4) is 5.75 Å². The van der Waals surface area contributed by atoms with Gasteiger partial charge in [0.25, 0.3) is 0 Å². The molecule has 0 spiro atoms. The Morgan fingerprint density at radius 2 is 2.38 bits per heavy atom. The first kappa shape index (κ1) is 9.54. The molecule has 0 unspecified atom stereocenters. The van der Waals surface area contributed by atoms with Gasteiger partial charge < -0.3 is 15.8 Å². The van der Waals surface area contributed by atoms with Gasteiger partial charge in [0, 0.05) is 11.8 Å². The van der Waals surface area contributed by atoms with Gasteiger partial charge >= 0.3 is 0 Å². The zero-order valence-corrected chi connectivity index (χ0v) is 7.41. The van der Waals surface area contributed by atoms with Crippen molar-refractivity contribution in [2.24, 2.45) is 5.73 Å². The number of amides is 1. The number of anilines is 1. The first-order chi connectivity index (χ1) is 6.26. The number of benzene rings is 1. The Bertz CT molecular complexity index is 299. The third-order valence-electron chi connectivity index (χ3n) is 1.54. The lowest BCUT2D eigenvalue weighted by atomic mass is 10.3. The maximum absolute atomic E-state index is 10.9. The summed E-state index contributed by atoms with van der Waals surface area (Å²) >= 11 is 0. The van der Waals surface area contributed by atoms with Crippen LogP contribution in [-0.2, 0) is 4.79 Å². The van der Waals surface area contributed by atoms with Crippen molar-refractivity contribution in [3.05, 3.63) is 24.3 Å². The molecule has 0 aromatic heterocycles. The van der Waals surface area contributed by atoms with Crippen LogP contribution in [0.4, 0.5) is 5.69 Å². The Kier molecular flexibility index (Phi) is 3.28. The Balaban J connectivity index is 2.71. The van der Waals surface area contributed by atoms with Crippen molar-refractivity contribution in [3.63, 3.8) is 0 Å². The number of hydrogen-bond acceptors (Lipinski definition) is 3.